The normalized spacial score (nSPS) is 15.9. The van der Waals surface area contributed by atoms with E-state index in [0.717, 1.165) is 31.1 Å². The topological polar surface area (TPSA) is 50.1 Å². The van der Waals surface area contributed by atoms with E-state index in [0.29, 0.717) is 6.04 Å². The first-order valence-corrected chi connectivity index (χ1v) is 4.72. The summed E-state index contributed by atoms with van der Waals surface area (Å²) in [5.41, 5.74) is 2.29. The number of nitrogens with one attached hydrogen (secondary N) is 2. The summed E-state index contributed by atoms with van der Waals surface area (Å²) < 4.78 is 5.23. The van der Waals surface area contributed by atoms with Crippen molar-refractivity contribution < 1.29 is 4.52 Å². The lowest BCUT2D eigenvalue weighted by molar-refractivity contribution is 0.421. The van der Waals surface area contributed by atoms with Crippen molar-refractivity contribution in [3.63, 3.8) is 0 Å². The first-order valence-electron chi connectivity index (χ1n) is 4.72. The summed E-state index contributed by atoms with van der Waals surface area (Å²) in [6.45, 7) is 6.05. The second-order valence-electron chi connectivity index (χ2n) is 3.66. The highest BCUT2D eigenvalue weighted by atomic mass is 16.5. The van der Waals surface area contributed by atoms with Gasteiger partial charge in [-0.3, -0.25) is 0 Å². The molecule has 0 saturated heterocycles. The van der Waals surface area contributed by atoms with Gasteiger partial charge in [-0.05, 0) is 13.8 Å². The standard InChI is InChI=1S/C9H15N3O/c1-6(2)11-9-7-5-10-4-3-8(7)12-13-9/h6,10-11H,3-5H2,1-2H3. The van der Waals surface area contributed by atoms with Crippen LogP contribution in [0.15, 0.2) is 4.52 Å². The van der Waals surface area contributed by atoms with Crippen molar-refractivity contribution in [3.05, 3.63) is 11.3 Å². The average Bonchev–Trinajstić information content (AvgIpc) is 2.48. The number of nitrogens with zero attached hydrogens (tertiary/aromatic N) is 1. The van der Waals surface area contributed by atoms with Gasteiger partial charge in [-0.1, -0.05) is 5.16 Å². The SMILES string of the molecule is CC(C)Nc1onc2c1CNCC2. The molecule has 4 heteroatoms. The molecule has 0 aromatic carbocycles. The van der Waals surface area contributed by atoms with Gasteiger partial charge >= 0.3 is 0 Å². The van der Waals surface area contributed by atoms with E-state index >= 15 is 0 Å². The van der Waals surface area contributed by atoms with E-state index in [1.807, 2.05) is 0 Å². The summed E-state index contributed by atoms with van der Waals surface area (Å²) in [4.78, 5) is 0. The highest BCUT2D eigenvalue weighted by molar-refractivity contribution is 5.44. The van der Waals surface area contributed by atoms with Gasteiger partial charge in [-0.25, -0.2) is 0 Å². The molecule has 1 aliphatic heterocycles. The second kappa shape index (κ2) is 3.38. The molecule has 0 amide bonds. The van der Waals surface area contributed by atoms with Gasteiger partial charge in [0.25, 0.3) is 0 Å². The Labute approximate surface area is 77.7 Å². The molecule has 2 rings (SSSR count). The Kier molecular flexibility index (Phi) is 2.22. The highest BCUT2D eigenvalue weighted by Crippen LogP contribution is 2.22. The third-order valence-corrected chi connectivity index (χ3v) is 2.13. The lowest BCUT2D eigenvalue weighted by Gasteiger charge is -2.12. The lowest BCUT2D eigenvalue weighted by Crippen LogP contribution is -2.24. The van der Waals surface area contributed by atoms with Crippen LogP contribution in [0.1, 0.15) is 25.1 Å². The number of rotatable bonds is 2. The zero-order chi connectivity index (χ0) is 9.26. The van der Waals surface area contributed by atoms with Gasteiger partial charge in [0.15, 0.2) is 0 Å². The monoisotopic (exact) mass is 181 g/mol. The smallest absolute Gasteiger partial charge is 0.229 e. The maximum absolute atomic E-state index is 5.23. The fourth-order valence-corrected chi connectivity index (χ4v) is 1.52. The van der Waals surface area contributed by atoms with Crippen LogP contribution in [0.2, 0.25) is 0 Å². The van der Waals surface area contributed by atoms with E-state index in [1.54, 1.807) is 0 Å². The molecule has 0 aliphatic carbocycles. The molecule has 1 aromatic rings. The van der Waals surface area contributed by atoms with Crippen LogP contribution in [0.5, 0.6) is 0 Å². The third kappa shape index (κ3) is 1.67. The van der Waals surface area contributed by atoms with Gasteiger partial charge in [-0.15, -0.1) is 0 Å². The molecule has 0 bridgehead atoms. The summed E-state index contributed by atoms with van der Waals surface area (Å²) in [6, 6.07) is 0.388. The fraction of sp³-hybridized carbons (Fsp3) is 0.667. The van der Waals surface area contributed by atoms with E-state index < -0.39 is 0 Å². The van der Waals surface area contributed by atoms with Crippen molar-refractivity contribution in [2.75, 3.05) is 11.9 Å². The summed E-state index contributed by atoms with van der Waals surface area (Å²) in [7, 11) is 0. The van der Waals surface area contributed by atoms with Crippen LogP contribution >= 0.6 is 0 Å². The molecule has 0 saturated carbocycles. The van der Waals surface area contributed by atoms with Crippen molar-refractivity contribution >= 4 is 5.88 Å². The Morgan fingerprint density at radius 1 is 1.54 bits per heavy atom. The van der Waals surface area contributed by atoms with Gasteiger partial charge < -0.3 is 15.2 Å². The fourth-order valence-electron chi connectivity index (χ4n) is 1.52. The maximum atomic E-state index is 5.23. The van der Waals surface area contributed by atoms with Gasteiger partial charge in [-0.2, -0.15) is 0 Å². The first-order chi connectivity index (χ1) is 6.27. The first kappa shape index (κ1) is 8.56. The summed E-state index contributed by atoms with van der Waals surface area (Å²) in [5.74, 6) is 0.831. The van der Waals surface area contributed by atoms with Gasteiger partial charge in [0.05, 0.1) is 11.3 Å². The van der Waals surface area contributed by atoms with Crippen LogP contribution in [-0.2, 0) is 13.0 Å². The predicted molar refractivity (Wildman–Crippen MR) is 50.7 cm³/mol. The van der Waals surface area contributed by atoms with Crippen molar-refractivity contribution in [2.45, 2.75) is 32.9 Å². The second-order valence-corrected chi connectivity index (χ2v) is 3.66. The average molecular weight is 181 g/mol. The van der Waals surface area contributed by atoms with E-state index in [2.05, 4.69) is 29.6 Å². The number of hydrogen-bond acceptors (Lipinski definition) is 4. The molecule has 1 aliphatic rings. The number of aromatic nitrogens is 1. The van der Waals surface area contributed by atoms with Crippen LogP contribution in [-0.4, -0.2) is 17.7 Å². The van der Waals surface area contributed by atoms with Crippen molar-refractivity contribution in [2.24, 2.45) is 0 Å². The summed E-state index contributed by atoms with van der Waals surface area (Å²) >= 11 is 0. The Hall–Kier alpha value is -1.03. The van der Waals surface area contributed by atoms with Gasteiger partial charge in [0.2, 0.25) is 5.88 Å². The lowest BCUT2D eigenvalue weighted by atomic mass is 10.1. The molecule has 13 heavy (non-hydrogen) atoms. The number of anilines is 1. The Bertz CT molecular complexity index is 293. The van der Waals surface area contributed by atoms with Gasteiger partial charge in [0.1, 0.15) is 0 Å². The minimum Gasteiger partial charge on any atom is -0.352 e. The maximum Gasteiger partial charge on any atom is 0.229 e. The summed E-state index contributed by atoms with van der Waals surface area (Å²) in [5, 5.41) is 10.6. The Morgan fingerprint density at radius 3 is 3.15 bits per heavy atom. The minimum atomic E-state index is 0.388. The predicted octanol–water partition coefficient (Wildman–Crippen LogP) is 1.14. The van der Waals surface area contributed by atoms with Gasteiger partial charge in [0, 0.05) is 25.6 Å². The van der Waals surface area contributed by atoms with Crippen LogP contribution in [0.3, 0.4) is 0 Å². The molecule has 2 heterocycles. The molecular weight excluding hydrogens is 166 g/mol. The summed E-state index contributed by atoms with van der Waals surface area (Å²) in [6.07, 6.45) is 0.971. The number of fused-ring (bicyclic) bond motifs is 1. The molecular formula is C9H15N3O. The van der Waals surface area contributed by atoms with E-state index in [-0.39, 0.29) is 0 Å². The molecule has 0 radical (unpaired) electrons. The van der Waals surface area contributed by atoms with Crippen LogP contribution in [0.4, 0.5) is 5.88 Å². The third-order valence-electron chi connectivity index (χ3n) is 2.13. The van der Waals surface area contributed by atoms with Crippen LogP contribution in [0, 0.1) is 0 Å². The molecule has 1 aromatic heterocycles. The largest absolute Gasteiger partial charge is 0.352 e. The van der Waals surface area contributed by atoms with E-state index in [9.17, 15) is 0 Å². The highest BCUT2D eigenvalue weighted by Gasteiger charge is 2.18. The molecule has 0 atom stereocenters. The van der Waals surface area contributed by atoms with Crippen molar-refractivity contribution in [1.82, 2.24) is 10.5 Å². The van der Waals surface area contributed by atoms with Crippen LogP contribution in [0.25, 0.3) is 0 Å². The van der Waals surface area contributed by atoms with Crippen molar-refractivity contribution in [3.8, 4) is 0 Å². The van der Waals surface area contributed by atoms with Crippen LogP contribution < -0.4 is 10.6 Å². The minimum absolute atomic E-state index is 0.388. The van der Waals surface area contributed by atoms with E-state index in [1.165, 1.54) is 5.56 Å². The zero-order valence-electron chi connectivity index (χ0n) is 8.05. The Morgan fingerprint density at radius 2 is 2.38 bits per heavy atom. The molecule has 0 spiro atoms. The number of hydrogen-bond donors (Lipinski definition) is 2. The molecule has 4 nitrogen and oxygen atoms in total. The molecule has 0 unspecified atom stereocenters. The molecule has 0 fully saturated rings. The quantitative estimate of drug-likeness (QED) is 0.718. The zero-order valence-corrected chi connectivity index (χ0v) is 8.05. The molecule has 72 valence electrons. The van der Waals surface area contributed by atoms with Crippen molar-refractivity contribution in [1.29, 1.82) is 0 Å². The molecule has 2 N–H and O–H groups in total. The van der Waals surface area contributed by atoms with E-state index in [4.69, 9.17) is 4.52 Å². The Balaban J connectivity index is 2.21.